The highest BCUT2D eigenvalue weighted by atomic mass is 79.9. The van der Waals surface area contributed by atoms with Crippen molar-refractivity contribution in [2.75, 3.05) is 17.4 Å². The van der Waals surface area contributed by atoms with Gasteiger partial charge in [0, 0.05) is 29.0 Å². The van der Waals surface area contributed by atoms with Crippen molar-refractivity contribution >= 4 is 55.1 Å². The largest absolute Gasteiger partial charge is 0.354 e. The molecule has 0 saturated carbocycles. The maximum Gasteiger partial charge on any atom is 0.264 e. The van der Waals surface area contributed by atoms with E-state index in [4.69, 9.17) is 11.6 Å². The molecule has 0 aliphatic heterocycles. The maximum absolute atomic E-state index is 14.4. The van der Waals surface area contributed by atoms with Crippen LogP contribution in [0, 0.1) is 5.92 Å². The maximum atomic E-state index is 14.4. The zero-order valence-electron chi connectivity index (χ0n) is 24.6. The van der Waals surface area contributed by atoms with E-state index < -0.39 is 28.5 Å². The second kappa shape index (κ2) is 15.4. The van der Waals surface area contributed by atoms with E-state index in [1.165, 1.54) is 23.1 Å². The number of halogens is 2. The van der Waals surface area contributed by atoms with E-state index in [1.807, 2.05) is 68.4 Å². The smallest absolute Gasteiger partial charge is 0.264 e. The Balaban J connectivity index is 1.79. The van der Waals surface area contributed by atoms with E-state index >= 15 is 0 Å². The van der Waals surface area contributed by atoms with Crippen LogP contribution in [-0.2, 0) is 32.6 Å². The summed E-state index contributed by atoms with van der Waals surface area (Å²) in [5, 5.41) is 3.32. The Morgan fingerprint density at radius 1 is 0.841 bits per heavy atom. The molecule has 230 valence electrons. The van der Waals surface area contributed by atoms with Gasteiger partial charge in [-0.3, -0.25) is 13.9 Å². The van der Waals surface area contributed by atoms with Gasteiger partial charge in [0.05, 0.1) is 10.6 Å². The first kappa shape index (κ1) is 33.2. The molecule has 0 bridgehead atoms. The van der Waals surface area contributed by atoms with Gasteiger partial charge in [0.2, 0.25) is 11.8 Å². The van der Waals surface area contributed by atoms with Gasteiger partial charge in [-0.25, -0.2) is 8.42 Å². The molecule has 0 aliphatic rings. The Labute approximate surface area is 273 Å². The summed E-state index contributed by atoms with van der Waals surface area (Å²) in [6.45, 7) is 3.97. The summed E-state index contributed by atoms with van der Waals surface area (Å²) in [6, 6.07) is 30.3. The Morgan fingerprint density at radius 3 is 2.09 bits per heavy atom. The summed E-state index contributed by atoms with van der Waals surface area (Å²) >= 11 is 9.72. The van der Waals surface area contributed by atoms with E-state index in [9.17, 15) is 18.0 Å². The number of nitrogens with one attached hydrogen (secondary N) is 1. The first-order chi connectivity index (χ1) is 21.0. The van der Waals surface area contributed by atoms with Crippen LogP contribution >= 0.6 is 27.5 Å². The third-order valence-electron chi connectivity index (χ3n) is 6.93. The lowest BCUT2D eigenvalue weighted by atomic mass is 10.0. The summed E-state index contributed by atoms with van der Waals surface area (Å²) in [7, 11) is -4.18. The monoisotopic (exact) mass is 695 g/mol. The fourth-order valence-corrected chi connectivity index (χ4v) is 6.52. The molecule has 4 rings (SSSR count). The minimum Gasteiger partial charge on any atom is -0.354 e. The Hall–Kier alpha value is -3.66. The Bertz CT molecular complexity index is 1650. The van der Waals surface area contributed by atoms with E-state index in [1.54, 1.807) is 36.4 Å². The number of carbonyl (C=O) groups excluding carboxylic acids is 2. The molecular formula is C34H35BrClN3O4S. The first-order valence-electron chi connectivity index (χ1n) is 14.2. The molecule has 1 unspecified atom stereocenters. The molecule has 4 aromatic rings. The summed E-state index contributed by atoms with van der Waals surface area (Å²) in [5.41, 5.74) is 1.90. The van der Waals surface area contributed by atoms with Crippen molar-refractivity contribution in [2.24, 2.45) is 5.92 Å². The zero-order chi connectivity index (χ0) is 31.7. The number of nitrogens with zero attached hydrogens (tertiary/aromatic N) is 2. The average Bonchev–Trinajstić information content (AvgIpc) is 3.02. The quantitative estimate of drug-likeness (QED) is 0.168. The highest BCUT2D eigenvalue weighted by molar-refractivity contribution is 9.10. The molecule has 1 N–H and O–H groups in total. The van der Waals surface area contributed by atoms with Crippen LogP contribution in [0.4, 0.5) is 5.69 Å². The standard InChI is InChI=1S/C34H35BrClN3O4S/c1-25(2)22-37-34(41)32(20-26-10-5-3-6-11-26)38(23-27-16-18-28(35)19-17-27)33(40)24-39(30-13-9-12-29(36)21-30)44(42,43)31-14-7-4-8-15-31/h3-19,21,25,32H,20,22-24H2,1-2H3,(H,37,41). The fourth-order valence-electron chi connectivity index (χ4n) is 4.64. The highest BCUT2D eigenvalue weighted by Crippen LogP contribution is 2.27. The van der Waals surface area contributed by atoms with E-state index in [0.29, 0.717) is 11.6 Å². The van der Waals surface area contributed by atoms with Gasteiger partial charge in [0.15, 0.2) is 0 Å². The topological polar surface area (TPSA) is 86.8 Å². The molecule has 10 heteroatoms. The Kier molecular flexibility index (Phi) is 11.6. The van der Waals surface area contributed by atoms with Crippen molar-refractivity contribution < 1.29 is 18.0 Å². The molecule has 0 aromatic heterocycles. The van der Waals surface area contributed by atoms with Gasteiger partial charge < -0.3 is 10.2 Å². The molecule has 0 fully saturated rings. The third kappa shape index (κ3) is 8.94. The highest BCUT2D eigenvalue weighted by Gasteiger charge is 2.34. The second-order valence-corrected chi connectivity index (χ2v) is 14.0. The SMILES string of the molecule is CC(C)CNC(=O)C(Cc1ccccc1)N(Cc1ccc(Br)cc1)C(=O)CN(c1cccc(Cl)c1)S(=O)(=O)c1ccccc1. The summed E-state index contributed by atoms with van der Waals surface area (Å²) < 4.78 is 29.9. The van der Waals surface area contributed by atoms with Crippen molar-refractivity contribution in [1.82, 2.24) is 10.2 Å². The lowest BCUT2D eigenvalue weighted by Crippen LogP contribution is -2.53. The van der Waals surface area contributed by atoms with Gasteiger partial charge in [0.1, 0.15) is 12.6 Å². The van der Waals surface area contributed by atoms with Crippen LogP contribution < -0.4 is 9.62 Å². The molecule has 4 aromatic carbocycles. The molecule has 2 amide bonds. The van der Waals surface area contributed by atoms with Crippen molar-refractivity contribution in [3.8, 4) is 0 Å². The van der Waals surface area contributed by atoms with Crippen LogP contribution in [0.2, 0.25) is 5.02 Å². The summed E-state index contributed by atoms with van der Waals surface area (Å²) in [4.78, 5) is 29.7. The summed E-state index contributed by atoms with van der Waals surface area (Å²) in [5.74, 6) is -0.650. The molecule has 0 heterocycles. The molecule has 0 saturated heterocycles. The van der Waals surface area contributed by atoms with E-state index in [0.717, 1.165) is 19.9 Å². The van der Waals surface area contributed by atoms with Crippen molar-refractivity contribution in [1.29, 1.82) is 0 Å². The number of carbonyl (C=O) groups is 2. The van der Waals surface area contributed by atoms with Gasteiger partial charge in [0.25, 0.3) is 10.0 Å². The van der Waals surface area contributed by atoms with E-state index in [2.05, 4.69) is 21.2 Å². The zero-order valence-corrected chi connectivity index (χ0v) is 27.7. The van der Waals surface area contributed by atoms with Crippen LogP contribution in [0.15, 0.2) is 119 Å². The number of anilines is 1. The van der Waals surface area contributed by atoms with Gasteiger partial charge in [-0.2, -0.15) is 0 Å². The first-order valence-corrected chi connectivity index (χ1v) is 16.8. The van der Waals surface area contributed by atoms with Crippen molar-refractivity contribution in [3.05, 3.63) is 130 Å². The van der Waals surface area contributed by atoms with Crippen molar-refractivity contribution in [3.63, 3.8) is 0 Å². The molecule has 0 radical (unpaired) electrons. The Morgan fingerprint density at radius 2 is 1.48 bits per heavy atom. The average molecular weight is 697 g/mol. The van der Waals surface area contributed by atoms with Crippen LogP contribution in [0.5, 0.6) is 0 Å². The predicted molar refractivity (Wildman–Crippen MR) is 179 cm³/mol. The molecule has 7 nitrogen and oxygen atoms in total. The molecular weight excluding hydrogens is 662 g/mol. The number of rotatable bonds is 13. The normalized spacial score (nSPS) is 12.0. The van der Waals surface area contributed by atoms with Crippen molar-refractivity contribution in [2.45, 2.75) is 37.8 Å². The lowest BCUT2D eigenvalue weighted by molar-refractivity contribution is -0.140. The lowest BCUT2D eigenvalue weighted by Gasteiger charge is -2.34. The second-order valence-electron chi connectivity index (χ2n) is 10.8. The molecule has 1 atom stereocenters. The van der Waals surface area contributed by atoms with Gasteiger partial charge >= 0.3 is 0 Å². The van der Waals surface area contributed by atoms with Crippen LogP contribution in [0.25, 0.3) is 0 Å². The molecule has 0 spiro atoms. The molecule has 0 aliphatic carbocycles. The van der Waals surface area contributed by atoms with Gasteiger partial charge in [-0.05, 0) is 59.5 Å². The predicted octanol–water partition coefficient (Wildman–Crippen LogP) is 6.71. The minimum atomic E-state index is -4.18. The fraction of sp³-hybridized carbons (Fsp3) is 0.235. The van der Waals surface area contributed by atoms with E-state index in [-0.39, 0.29) is 35.4 Å². The number of benzene rings is 4. The van der Waals surface area contributed by atoms with Crippen LogP contribution in [-0.4, -0.2) is 44.3 Å². The summed E-state index contributed by atoms with van der Waals surface area (Å²) in [6.07, 6.45) is 0.246. The number of hydrogen-bond acceptors (Lipinski definition) is 4. The van der Waals surface area contributed by atoms with Crippen LogP contribution in [0.3, 0.4) is 0 Å². The number of hydrogen-bond donors (Lipinski definition) is 1. The van der Waals surface area contributed by atoms with Gasteiger partial charge in [-0.15, -0.1) is 0 Å². The number of sulfonamides is 1. The van der Waals surface area contributed by atoms with Crippen LogP contribution in [0.1, 0.15) is 25.0 Å². The molecule has 44 heavy (non-hydrogen) atoms. The minimum absolute atomic E-state index is 0.0303. The van der Waals surface area contributed by atoms with Gasteiger partial charge in [-0.1, -0.05) is 108 Å². The third-order valence-corrected chi connectivity index (χ3v) is 9.48. The number of amides is 2.